The molecular formula is C31H32F2O6. The van der Waals surface area contributed by atoms with Crippen LogP contribution in [0.15, 0.2) is 103 Å². The van der Waals surface area contributed by atoms with Gasteiger partial charge < -0.3 is 23.7 Å². The number of hydrogen-bond donors (Lipinski definition) is 0. The third-order valence-corrected chi connectivity index (χ3v) is 6.19. The monoisotopic (exact) mass is 538 g/mol. The molecule has 8 heteroatoms. The zero-order valence-electron chi connectivity index (χ0n) is 21.7. The fourth-order valence-electron chi connectivity index (χ4n) is 4.18. The Bertz CT molecular complexity index is 1190. The van der Waals surface area contributed by atoms with E-state index in [4.69, 9.17) is 18.9 Å². The smallest absolute Gasteiger partial charge is 0.381 e. The molecule has 0 fully saturated rings. The number of carbonyl (C=O) groups is 1. The quantitative estimate of drug-likeness (QED) is 0.254. The van der Waals surface area contributed by atoms with E-state index >= 15 is 8.78 Å². The molecule has 1 heterocycles. The van der Waals surface area contributed by atoms with Crippen molar-refractivity contribution in [3.05, 3.63) is 120 Å². The molecule has 0 saturated heterocycles. The SMILES string of the molecule is CCOC(=O)C(F)(F)C1=CO[C@H](COCc2ccccc2)[C@H](OCc2ccccc2)[C@@H]1OCc1ccccc1. The number of rotatable bonds is 13. The van der Waals surface area contributed by atoms with Crippen LogP contribution < -0.4 is 0 Å². The molecule has 0 aliphatic carbocycles. The summed E-state index contributed by atoms with van der Waals surface area (Å²) in [5.41, 5.74) is 1.92. The van der Waals surface area contributed by atoms with Gasteiger partial charge in [0, 0.05) is 0 Å². The van der Waals surface area contributed by atoms with Crippen molar-refractivity contribution in [2.45, 2.75) is 51.0 Å². The molecule has 3 atom stereocenters. The van der Waals surface area contributed by atoms with Crippen LogP contribution in [0.3, 0.4) is 0 Å². The minimum absolute atomic E-state index is 0.0184. The van der Waals surface area contributed by atoms with E-state index in [1.807, 2.05) is 91.0 Å². The van der Waals surface area contributed by atoms with E-state index in [9.17, 15) is 4.79 Å². The summed E-state index contributed by atoms with van der Waals surface area (Å²) in [5, 5.41) is 0. The molecule has 3 aromatic rings. The topological polar surface area (TPSA) is 63.2 Å². The number of carbonyl (C=O) groups excluding carboxylic acids is 1. The van der Waals surface area contributed by atoms with Crippen LogP contribution in [0.25, 0.3) is 0 Å². The van der Waals surface area contributed by atoms with Crippen molar-refractivity contribution < 1.29 is 37.3 Å². The van der Waals surface area contributed by atoms with Gasteiger partial charge in [0.1, 0.15) is 18.3 Å². The van der Waals surface area contributed by atoms with Gasteiger partial charge in [-0.15, -0.1) is 0 Å². The summed E-state index contributed by atoms with van der Waals surface area (Å²) in [7, 11) is 0. The predicted molar refractivity (Wildman–Crippen MR) is 141 cm³/mol. The van der Waals surface area contributed by atoms with Crippen molar-refractivity contribution in [3.8, 4) is 0 Å². The van der Waals surface area contributed by atoms with Gasteiger partial charge in [0.15, 0.2) is 0 Å². The van der Waals surface area contributed by atoms with Gasteiger partial charge in [0.25, 0.3) is 0 Å². The molecule has 0 bridgehead atoms. The molecule has 1 aliphatic rings. The summed E-state index contributed by atoms with van der Waals surface area (Å²) in [5.74, 6) is -5.66. The number of halogens is 2. The van der Waals surface area contributed by atoms with E-state index in [0.717, 1.165) is 23.0 Å². The lowest BCUT2D eigenvalue weighted by molar-refractivity contribution is -0.182. The highest BCUT2D eigenvalue weighted by Gasteiger charge is 2.54. The van der Waals surface area contributed by atoms with Crippen LogP contribution >= 0.6 is 0 Å². The van der Waals surface area contributed by atoms with Crippen molar-refractivity contribution in [3.63, 3.8) is 0 Å². The summed E-state index contributed by atoms with van der Waals surface area (Å²) >= 11 is 0. The van der Waals surface area contributed by atoms with E-state index in [1.165, 1.54) is 6.92 Å². The maximum atomic E-state index is 15.4. The molecule has 0 radical (unpaired) electrons. The Hall–Kier alpha value is -3.59. The van der Waals surface area contributed by atoms with E-state index in [1.54, 1.807) is 0 Å². The molecule has 0 spiro atoms. The Morgan fingerprint density at radius 2 is 1.31 bits per heavy atom. The van der Waals surface area contributed by atoms with Gasteiger partial charge in [-0.3, -0.25) is 0 Å². The molecule has 0 saturated carbocycles. The number of ether oxygens (including phenoxy) is 5. The van der Waals surface area contributed by atoms with Crippen LogP contribution in [0.1, 0.15) is 23.6 Å². The zero-order chi connectivity index (χ0) is 27.5. The highest BCUT2D eigenvalue weighted by molar-refractivity contribution is 5.81. The summed E-state index contributed by atoms with van der Waals surface area (Å²) in [6, 6.07) is 28.1. The second kappa shape index (κ2) is 14.0. The molecular weight excluding hydrogens is 506 g/mol. The Labute approximate surface area is 227 Å². The molecule has 0 amide bonds. The van der Waals surface area contributed by atoms with E-state index in [0.29, 0.717) is 6.61 Å². The Kier molecular flexibility index (Phi) is 10.2. The first kappa shape index (κ1) is 28.4. The average Bonchev–Trinajstić information content (AvgIpc) is 2.97. The van der Waals surface area contributed by atoms with Crippen molar-refractivity contribution >= 4 is 5.97 Å². The van der Waals surface area contributed by atoms with Gasteiger partial charge in [0.2, 0.25) is 0 Å². The molecule has 3 aromatic carbocycles. The molecule has 0 N–H and O–H groups in total. The first-order valence-electron chi connectivity index (χ1n) is 12.8. The highest BCUT2D eigenvalue weighted by atomic mass is 19.3. The fraction of sp³-hybridized carbons (Fsp3) is 0.323. The summed E-state index contributed by atoms with van der Waals surface area (Å²) in [6.07, 6.45) is -2.21. The lowest BCUT2D eigenvalue weighted by atomic mass is 9.93. The third kappa shape index (κ3) is 7.72. The van der Waals surface area contributed by atoms with Gasteiger partial charge in [-0.05, 0) is 23.6 Å². The maximum absolute atomic E-state index is 15.4. The number of benzene rings is 3. The van der Waals surface area contributed by atoms with Crippen LogP contribution in [-0.4, -0.2) is 43.4 Å². The summed E-state index contributed by atoms with van der Waals surface area (Å²) in [6.45, 7) is 1.76. The molecule has 0 unspecified atom stereocenters. The standard InChI is InChI=1S/C31H32F2O6/c1-2-36-30(34)31(32,33)26-21-37-27(22-35-18-23-12-6-3-7-13-23)29(39-20-25-16-10-5-11-17-25)28(26)38-19-24-14-8-4-9-15-24/h3-17,21,27-29H,2,18-20,22H2,1H3/t27-,28-,29+/m1/s1. The van der Waals surface area contributed by atoms with Crippen LogP contribution in [-0.2, 0) is 48.3 Å². The van der Waals surface area contributed by atoms with Crippen LogP contribution in [0.2, 0.25) is 0 Å². The summed E-state index contributed by atoms with van der Waals surface area (Å²) < 4.78 is 59.4. The number of alkyl halides is 2. The van der Waals surface area contributed by atoms with Crippen molar-refractivity contribution in [1.29, 1.82) is 0 Å². The lowest BCUT2D eigenvalue weighted by Crippen LogP contribution is -2.52. The highest BCUT2D eigenvalue weighted by Crippen LogP contribution is 2.37. The molecule has 4 rings (SSSR count). The first-order chi connectivity index (χ1) is 19.0. The minimum Gasteiger partial charge on any atom is -0.492 e. The molecule has 39 heavy (non-hydrogen) atoms. The van der Waals surface area contributed by atoms with E-state index in [2.05, 4.69) is 4.74 Å². The van der Waals surface area contributed by atoms with Crippen LogP contribution in [0.4, 0.5) is 8.78 Å². The van der Waals surface area contributed by atoms with Gasteiger partial charge in [0.05, 0.1) is 44.9 Å². The average molecular weight is 539 g/mol. The number of hydrogen-bond acceptors (Lipinski definition) is 6. The minimum atomic E-state index is -3.98. The Morgan fingerprint density at radius 3 is 1.85 bits per heavy atom. The normalized spacial score (nSPS) is 19.2. The predicted octanol–water partition coefficient (Wildman–Crippen LogP) is 5.86. The second-order valence-electron chi connectivity index (χ2n) is 9.02. The van der Waals surface area contributed by atoms with Gasteiger partial charge in [-0.1, -0.05) is 91.0 Å². The largest absolute Gasteiger partial charge is 0.492 e. The Morgan fingerprint density at radius 1 is 0.795 bits per heavy atom. The summed E-state index contributed by atoms with van der Waals surface area (Å²) in [4.78, 5) is 12.3. The fourth-order valence-corrected chi connectivity index (χ4v) is 4.18. The maximum Gasteiger partial charge on any atom is 0.381 e. The molecule has 206 valence electrons. The van der Waals surface area contributed by atoms with Gasteiger partial charge in [-0.2, -0.15) is 8.78 Å². The molecule has 0 aromatic heterocycles. The second-order valence-corrected chi connectivity index (χ2v) is 9.02. The molecule has 1 aliphatic heterocycles. The van der Waals surface area contributed by atoms with Crippen LogP contribution in [0.5, 0.6) is 0 Å². The lowest BCUT2D eigenvalue weighted by Gasteiger charge is -2.39. The Balaban J connectivity index is 1.60. The first-order valence-corrected chi connectivity index (χ1v) is 12.8. The van der Waals surface area contributed by atoms with Crippen molar-refractivity contribution in [2.24, 2.45) is 0 Å². The number of esters is 1. The van der Waals surface area contributed by atoms with E-state index in [-0.39, 0.29) is 26.4 Å². The van der Waals surface area contributed by atoms with Crippen molar-refractivity contribution in [2.75, 3.05) is 13.2 Å². The van der Waals surface area contributed by atoms with Crippen molar-refractivity contribution in [1.82, 2.24) is 0 Å². The third-order valence-electron chi connectivity index (χ3n) is 6.19. The van der Waals surface area contributed by atoms with E-state index < -0.39 is 35.8 Å². The van der Waals surface area contributed by atoms with Gasteiger partial charge >= 0.3 is 11.9 Å². The zero-order valence-corrected chi connectivity index (χ0v) is 21.7. The van der Waals surface area contributed by atoms with Gasteiger partial charge in [-0.25, -0.2) is 4.79 Å². The molecule has 6 nitrogen and oxygen atoms in total. The van der Waals surface area contributed by atoms with Crippen LogP contribution in [0, 0.1) is 0 Å².